The lowest BCUT2D eigenvalue weighted by Gasteiger charge is -2.17. The van der Waals surface area contributed by atoms with Gasteiger partial charge in [0.2, 0.25) is 5.91 Å². The van der Waals surface area contributed by atoms with E-state index in [0.717, 1.165) is 23.4 Å². The van der Waals surface area contributed by atoms with Gasteiger partial charge >= 0.3 is 0 Å². The number of nitrogens with zero attached hydrogens (tertiary/aromatic N) is 1. The number of anilines is 1. The molecular weight excluding hydrogens is 176 g/mol. The van der Waals surface area contributed by atoms with Crippen LogP contribution in [-0.4, -0.2) is 10.9 Å². The van der Waals surface area contributed by atoms with Crippen LogP contribution in [0.25, 0.3) is 0 Å². The lowest BCUT2D eigenvalue weighted by atomic mass is 10.1. The molecule has 0 saturated heterocycles. The molecule has 0 atom stereocenters. The van der Waals surface area contributed by atoms with E-state index in [1.165, 1.54) is 0 Å². The SMILES string of the molecule is CC.Cc1ccnc2c1NC(=O)CC2. The molecule has 1 aliphatic rings. The van der Waals surface area contributed by atoms with Gasteiger partial charge in [-0.1, -0.05) is 13.8 Å². The Hall–Kier alpha value is -1.38. The highest BCUT2D eigenvalue weighted by molar-refractivity contribution is 5.94. The first-order valence-electron chi connectivity index (χ1n) is 5.02. The van der Waals surface area contributed by atoms with E-state index in [1.54, 1.807) is 6.20 Å². The third-order valence-electron chi connectivity index (χ3n) is 2.09. The van der Waals surface area contributed by atoms with E-state index in [-0.39, 0.29) is 5.91 Å². The highest BCUT2D eigenvalue weighted by Crippen LogP contribution is 2.23. The van der Waals surface area contributed by atoms with E-state index < -0.39 is 0 Å². The monoisotopic (exact) mass is 192 g/mol. The first kappa shape index (κ1) is 10.7. The molecule has 0 radical (unpaired) electrons. The number of carbonyl (C=O) groups is 1. The minimum atomic E-state index is 0.0959. The molecule has 3 heteroatoms. The first-order valence-corrected chi connectivity index (χ1v) is 5.02. The van der Waals surface area contributed by atoms with Gasteiger partial charge in [0.1, 0.15) is 0 Å². The van der Waals surface area contributed by atoms with Gasteiger partial charge in [-0.05, 0) is 18.6 Å². The zero-order valence-corrected chi connectivity index (χ0v) is 8.92. The molecule has 2 rings (SSSR count). The summed E-state index contributed by atoms with van der Waals surface area (Å²) in [7, 11) is 0. The van der Waals surface area contributed by atoms with Gasteiger partial charge < -0.3 is 5.32 Å². The molecule has 0 saturated carbocycles. The Morgan fingerprint density at radius 3 is 2.79 bits per heavy atom. The lowest BCUT2D eigenvalue weighted by Crippen LogP contribution is -2.20. The molecule has 0 fully saturated rings. The molecule has 14 heavy (non-hydrogen) atoms. The molecular formula is C11H16N2O. The van der Waals surface area contributed by atoms with Gasteiger partial charge in [-0.25, -0.2) is 0 Å². The molecule has 2 heterocycles. The number of hydrogen-bond donors (Lipinski definition) is 1. The van der Waals surface area contributed by atoms with E-state index in [0.29, 0.717) is 6.42 Å². The predicted octanol–water partition coefficient (Wildman–Crippen LogP) is 2.30. The van der Waals surface area contributed by atoms with Gasteiger partial charge in [0.05, 0.1) is 11.4 Å². The number of rotatable bonds is 0. The largest absolute Gasteiger partial charge is 0.324 e. The van der Waals surface area contributed by atoms with Crippen molar-refractivity contribution >= 4 is 11.6 Å². The van der Waals surface area contributed by atoms with Crippen LogP contribution in [0.15, 0.2) is 12.3 Å². The zero-order valence-electron chi connectivity index (χ0n) is 8.92. The van der Waals surface area contributed by atoms with Crippen LogP contribution in [0.3, 0.4) is 0 Å². The number of aryl methyl sites for hydroxylation is 2. The highest BCUT2D eigenvalue weighted by Gasteiger charge is 2.16. The number of amides is 1. The Morgan fingerprint density at radius 2 is 2.07 bits per heavy atom. The van der Waals surface area contributed by atoms with Crippen molar-refractivity contribution in [3.63, 3.8) is 0 Å². The van der Waals surface area contributed by atoms with Crippen LogP contribution in [0.4, 0.5) is 5.69 Å². The number of pyridine rings is 1. The topological polar surface area (TPSA) is 42.0 Å². The summed E-state index contributed by atoms with van der Waals surface area (Å²) in [4.78, 5) is 15.2. The zero-order chi connectivity index (χ0) is 10.6. The van der Waals surface area contributed by atoms with Gasteiger partial charge in [0.15, 0.2) is 0 Å². The van der Waals surface area contributed by atoms with Crippen molar-refractivity contribution in [1.82, 2.24) is 4.98 Å². The normalized spacial score (nSPS) is 13.5. The molecule has 0 aliphatic carbocycles. The van der Waals surface area contributed by atoms with E-state index in [9.17, 15) is 4.79 Å². The Kier molecular flexibility index (Phi) is 3.63. The second-order valence-electron chi connectivity index (χ2n) is 3.00. The first-order chi connectivity index (χ1) is 6.77. The van der Waals surface area contributed by atoms with Crippen LogP contribution in [0.5, 0.6) is 0 Å². The Balaban J connectivity index is 0.000000461. The van der Waals surface area contributed by atoms with Crippen molar-refractivity contribution < 1.29 is 4.79 Å². The van der Waals surface area contributed by atoms with Crippen LogP contribution in [0.2, 0.25) is 0 Å². The van der Waals surface area contributed by atoms with Gasteiger partial charge in [-0.3, -0.25) is 9.78 Å². The summed E-state index contributed by atoms with van der Waals surface area (Å²) in [5.41, 5.74) is 3.01. The average Bonchev–Trinajstić information content (AvgIpc) is 2.22. The summed E-state index contributed by atoms with van der Waals surface area (Å²) in [6.45, 7) is 5.98. The third kappa shape index (κ3) is 2.10. The van der Waals surface area contributed by atoms with Crippen molar-refractivity contribution in [3.05, 3.63) is 23.5 Å². The van der Waals surface area contributed by atoms with Crippen molar-refractivity contribution in [3.8, 4) is 0 Å². The van der Waals surface area contributed by atoms with Gasteiger partial charge in [-0.2, -0.15) is 0 Å². The summed E-state index contributed by atoms with van der Waals surface area (Å²) in [5, 5.41) is 2.83. The van der Waals surface area contributed by atoms with Crippen molar-refractivity contribution in [2.24, 2.45) is 0 Å². The smallest absolute Gasteiger partial charge is 0.224 e. The molecule has 0 bridgehead atoms. The third-order valence-corrected chi connectivity index (χ3v) is 2.09. The molecule has 1 aromatic rings. The fourth-order valence-corrected chi connectivity index (χ4v) is 1.41. The number of nitrogens with one attached hydrogen (secondary N) is 1. The molecule has 1 amide bonds. The Bertz CT molecular complexity index is 334. The summed E-state index contributed by atoms with van der Waals surface area (Å²) in [5.74, 6) is 0.0959. The fraction of sp³-hybridized carbons (Fsp3) is 0.455. The van der Waals surface area contributed by atoms with Crippen molar-refractivity contribution in [2.75, 3.05) is 5.32 Å². The van der Waals surface area contributed by atoms with E-state index in [4.69, 9.17) is 0 Å². The summed E-state index contributed by atoms with van der Waals surface area (Å²) < 4.78 is 0. The summed E-state index contributed by atoms with van der Waals surface area (Å²) >= 11 is 0. The van der Waals surface area contributed by atoms with Gasteiger partial charge in [0.25, 0.3) is 0 Å². The van der Waals surface area contributed by atoms with Gasteiger partial charge in [0, 0.05) is 19.0 Å². The highest BCUT2D eigenvalue weighted by atomic mass is 16.1. The average molecular weight is 192 g/mol. The van der Waals surface area contributed by atoms with Crippen LogP contribution in [0, 0.1) is 6.92 Å². The quantitative estimate of drug-likeness (QED) is 0.685. The molecule has 1 N–H and O–H groups in total. The summed E-state index contributed by atoms with van der Waals surface area (Å²) in [6, 6.07) is 1.91. The van der Waals surface area contributed by atoms with Crippen molar-refractivity contribution in [1.29, 1.82) is 0 Å². The van der Waals surface area contributed by atoms with Crippen molar-refractivity contribution in [2.45, 2.75) is 33.6 Å². The number of carbonyl (C=O) groups excluding carboxylic acids is 1. The van der Waals surface area contributed by atoms with Gasteiger partial charge in [-0.15, -0.1) is 0 Å². The molecule has 1 aliphatic heterocycles. The molecule has 1 aromatic heterocycles. The van der Waals surface area contributed by atoms with E-state index in [2.05, 4.69) is 10.3 Å². The predicted molar refractivity (Wildman–Crippen MR) is 57.3 cm³/mol. The molecule has 76 valence electrons. The Morgan fingerprint density at radius 1 is 1.36 bits per heavy atom. The second kappa shape index (κ2) is 4.74. The van der Waals surface area contributed by atoms with Crippen LogP contribution < -0.4 is 5.32 Å². The second-order valence-corrected chi connectivity index (χ2v) is 3.00. The maximum atomic E-state index is 11.0. The minimum absolute atomic E-state index is 0.0959. The molecule has 0 unspecified atom stereocenters. The Labute approximate surface area is 84.6 Å². The van der Waals surface area contributed by atoms with E-state index in [1.807, 2.05) is 26.8 Å². The summed E-state index contributed by atoms with van der Waals surface area (Å²) in [6.07, 6.45) is 3.11. The van der Waals surface area contributed by atoms with Crippen LogP contribution in [0.1, 0.15) is 31.5 Å². The van der Waals surface area contributed by atoms with Crippen LogP contribution in [-0.2, 0) is 11.2 Å². The number of fused-ring (bicyclic) bond motifs is 1. The number of aromatic nitrogens is 1. The lowest BCUT2D eigenvalue weighted by molar-refractivity contribution is -0.116. The number of hydrogen-bond acceptors (Lipinski definition) is 2. The van der Waals surface area contributed by atoms with E-state index >= 15 is 0 Å². The minimum Gasteiger partial charge on any atom is -0.324 e. The molecule has 0 aromatic carbocycles. The molecule has 0 spiro atoms. The fourth-order valence-electron chi connectivity index (χ4n) is 1.41. The maximum absolute atomic E-state index is 11.0. The maximum Gasteiger partial charge on any atom is 0.224 e. The standard InChI is InChI=1S/C9H10N2O.C2H6/c1-6-4-5-10-7-2-3-8(12)11-9(6)7;1-2/h4-5H,2-3H2,1H3,(H,11,12);1-2H3. The van der Waals surface area contributed by atoms with Crippen LogP contribution >= 0.6 is 0 Å². The molecule has 3 nitrogen and oxygen atoms in total.